The molecule has 0 spiro atoms. The van der Waals surface area contributed by atoms with E-state index in [0.717, 1.165) is 25.1 Å². The third kappa shape index (κ3) is 5.10. The number of benzene rings is 2. The topological polar surface area (TPSA) is 61.9 Å². The molecule has 1 fully saturated rings. The average Bonchev–Trinajstić information content (AvgIpc) is 2.73. The van der Waals surface area contributed by atoms with Gasteiger partial charge < -0.3 is 19.9 Å². The number of nitrogens with zero attached hydrogens (tertiary/aromatic N) is 2. The van der Waals surface area contributed by atoms with Crippen LogP contribution in [0.3, 0.4) is 0 Å². The largest absolute Gasteiger partial charge is 0.484 e. The standard InChI is InChI=1S/C22H27N3O3/c1-3-17-7-6-8-18(15-17)28-16-21(26)23-20-10-5-4-9-19(20)22(27)25-13-11-24(2)12-14-25/h4-10,15H,3,11-14,16H2,1-2H3,(H,23,26). The molecule has 0 radical (unpaired) electrons. The number of hydrogen-bond donors (Lipinski definition) is 1. The Balaban J connectivity index is 1.62. The van der Waals surface area contributed by atoms with Crippen LogP contribution in [0.2, 0.25) is 0 Å². The van der Waals surface area contributed by atoms with Crippen LogP contribution in [-0.2, 0) is 11.2 Å². The first kappa shape index (κ1) is 19.9. The molecule has 0 aromatic heterocycles. The predicted molar refractivity (Wildman–Crippen MR) is 110 cm³/mol. The normalized spacial score (nSPS) is 14.6. The summed E-state index contributed by atoms with van der Waals surface area (Å²) >= 11 is 0. The van der Waals surface area contributed by atoms with Gasteiger partial charge in [-0.25, -0.2) is 0 Å². The first-order valence-corrected chi connectivity index (χ1v) is 9.65. The van der Waals surface area contributed by atoms with E-state index in [1.165, 1.54) is 0 Å². The van der Waals surface area contributed by atoms with Crippen LogP contribution < -0.4 is 10.1 Å². The monoisotopic (exact) mass is 381 g/mol. The summed E-state index contributed by atoms with van der Waals surface area (Å²) in [7, 11) is 2.05. The molecule has 1 heterocycles. The molecule has 2 aromatic carbocycles. The van der Waals surface area contributed by atoms with Crippen molar-refractivity contribution in [1.29, 1.82) is 0 Å². The number of likely N-dealkylation sites (N-methyl/N-ethyl adjacent to an activating group) is 1. The third-order valence-corrected chi connectivity index (χ3v) is 4.90. The summed E-state index contributed by atoms with van der Waals surface area (Å²) in [4.78, 5) is 29.3. The maximum absolute atomic E-state index is 12.9. The Kier molecular flexibility index (Phi) is 6.66. The molecular formula is C22H27N3O3. The first-order valence-electron chi connectivity index (χ1n) is 9.65. The molecule has 3 rings (SSSR count). The lowest BCUT2D eigenvalue weighted by Gasteiger charge is -2.32. The number of piperazine rings is 1. The number of rotatable bonds is 6. The van der Waals surface area contributed by atoms with Gasteiger partial charge in [0.2, 0.25) is 0 Å². The molecule has 6 nitrogen and oxygen atoms in total. The molecule has 1 aliphatic rings. The maximum Gasteiger partial charge on any atom is 0.262 e. The van der Waals surface area contributed by atoms with Crippen LogP contribution in [0.5, 0.6) is 5.75 Å². The first-order chi connectivity index (χ1) is 13.6. The summed E-state index contributed by atoms with van der Waals surface area (Å²) < 4.78 is 5.60. The minimum absolute atomic E-state index is 0.0550. The van der Waals surface area contributed by atoms with E-state index in [1.807, 2.05) is 48.3 Å². The SMILES string of the molecule is CCc1cccc(OCC(=O)Nc2ccccc2C(=O)N2CCN(C)CC2)c1. The van der Waals surface area contributed by atoms with Crippen LogP contribution in [0.25, 0.3) is 0 Å². The van der Waals surface area contributed by atoms with Gasteiger partial charge in [-0.2, -0.15) is 0 Å². The number of hydrogen-bond acceptors (Lipinski definition) is 4. The number of ether oxygens (including phenoxy) is 1. The fourth-order valence-electron chi connectivity index (χ4n) is 3.15. The van der Waals surface area contributed by atoms with Gasteiger partial charge in [0, 0.05) is 26.2 Å². The van der Waals surface area contributed by atoms with Crippen molar-refractivity contribution in [3.05, 3.63) is 59.7 Å². The van der Waals surface area contributed by atoms with E-state index in [2.05, 4.69) is 17.1 Å². The van der Waals surface area contributed by atoms with Crippen LogP contribution in [0.1, 0.15) is 22.8 Å². The minimum Gasteiger partial charge on any atom is -0.484 e. The second kappa shape index (κ2) is 9.37. The number of amides is 2. The fraction of sp³-hybridized carbons (Fsp3) is 0.364. The highest BCUT2D eigenvalue weighted by atomic mass is 16.5. The summed E-state index contributed by atoms with van der Waals surface area (Å²) in [5, 5.41) is 2.82. The zero-order valence-corrected chi connectivity index (χ0v) is 16.5. The van der Waals surface area contributed by atoms with E-state index >= 15 is 0 Å². The van der Waals surface area contributed by atoms with Gasteiger partial charge in [-0.05, 0) is 43.3 Å². The lowest BCUT2D eigenvalue weighted by molar-refractivity contribution is -0.118. The van der Waals surface area contributed by atoms with Crippen LogP contribution in [0.4, 0.5) is 5.69 Å². The van der Waals surface area contributed by atoms with Crippen molar-refractivity contribution in [2.45, 2.75) is 13.3 Å². The van der Waals surface area contributed by atoms with Crippen molar-refractivity contribution < 1.29 is 14.3 Å². The number of aryl methyl sites for hydroxylation is 1. The number of nitrogens with one attached hydrogen (secondary N) is 1. The highest BCUT2D eigenvalue weighted by Gasteiger charge is 2.22. The Morgan fingerprint density at radius 1 is 1.04 bits per heavy atom. The van der Waals surface area contributed by atoms with Crippen LogP contribution in [-0.4, -0.2) is 61.4 Å². The fourth-order valence-corrected chi connectivity index (χ4v) is 3.15. The molecule has 0 atom stereocenters. The average molecular weight is 381 g/mol. The zero-order chi connectivity index (χ0) is 19.9. The van der Waals surface area contributed by atoms with Crippen LogP contribution >= 0.6 is 0 Å². The molecule has 1 saturated heterocycles. The number of carbonyl (C=O) groups is 2. The second-order valence-corrected chi connectivity index (χ2v) is 6.98. The molecule has 1 N–H and O–H groups in total. The summed E-state index contributed by atoms with van der Waals surface area (Å²) in [6, 6.07) is 14.8. The lowest BCUT2D eigenvalue weighted by atomic mass is 10.1. The Morgan fingerprint density at radius 3 is 2.54 bits per heavy atom. The highest BCUT2D eigenvalue weighted by molar-refractivity contribution is 6.04. The molecule has 2 amide bonds. The van der Waals surface area contributed by atoms with Crippen molar-refractivity contribution in [2.24, 2.45) is 0 Å². The van der Waals surface area contributed by atoms with Gasteiger partial charge >= 0.3 is 0 Å². The third-order valence-electron chi connectivity index (χ3n) is 4.90. The van der Waals surface area contributed by atoms with Crippen molar-refractivity contribution >= 4 is 17.5 Å². The van der Waals surface area contributed by atoms with Gasteiger partial charge in [-0.1, -0.05) is 31.2 Å². The molecule has 0 bridgehead atoms. The Labute approximate surface area is 166 Å². The number of anilines is 1. The zero-order valence-electron chi connectivity index (χ0n) is 16.5. The van der Waals surface area contributed by atoms with Crippen molar-refractivity contribution in [2.75, 3.05) is 45.2 Å². The van der Waals surface area contributed by atoms with Crippen molar-refractivity contribution in [3.8, 4) is 5.75 Å². The van der Waals surface area contributed by atoms with E-state index in [-0.39, 0.29) is 18.4 Å². The Hall–Kier alpha value is -2.86. The molecule has 28 heavy (non-hydrogen) atoms. The maximum atomic E-state index is 12.9. The summed E-state index contributed by atoms with van der Waals surface area (Å²) in [5.74, 6) is 0.317. The van der Waals surface area contributed by atoms with E-state index < -0.39 is 0 Å². The van der Waals surface area contributed by atoms with E-state index in [9.17, 15) is 9.59 Å². The van der Waals surface area contributed by atoms with Gasteiger partial charge in [0.15, 0.2) is 6.61 Å². The molecule has 6 heteroatoms. The smallest absolute Gasteiger partial charge is 0.262 e. The minimum atomic E-state index is -0.291. The van der Waals surface area contributed by atoms with Gasteiger partial charge in [-0.15, -0.1) is 0 Å². The second-order valence-electron chi connectivity index (χ2n) is 6.98. The molecular weight excluding hydrogens is 354 g/mol. The predicted octanol–water partition coefficient (Wildman–Crippen LogP) is 2.65. The van der Waals surface area contributed by atoms with E-state index in [4.69, 9.17) is 4.74 Å². The lowest BCUT2D eigenvalue weighted by Crippen LogP contribution is -2.47. The molecule has 0 saturated carbocycles. The summed E-state index contributed by atoms with van der Waals surface area (Å²) in [6.45, 7) is 5.04. The van der Waals surface area contributed by atoms with E-state index in [1.54, 1.807) is 12.1 Å². The molecule has 0 unspecified atom stereocenters. The highest BCUT2D eigenvalue weighted by Crippen LogP contribution is 2.19. The molecule has 2 aromatic rings. The summed E-state index contributed by atoms with van der Waals surface area (Å²) in [6.07, 6.45) is 0.908. The molecule has 1 aliphatic heterocycles. The van der Waals surface area contributed by atoms with Gasteiger partial charge in [0.1, 0.15) is 5.75 Å². The van der Waals surface area contributed by atoms with Crippen LogP contribution in [0.15, 0.2) is 48.5 Å². The van der Waals surface area contributed by atoms with Gasteiger partial charge in [0.05, 0.1) is 11.3 Å². The number of carbonyl (C=O) groups excluding carboxylic acids is 2. The Bertz CT molecular complexity index is 829. The summed E-state index contributed by atoms with van der Waals surface area (Å²) in [5.41, 5.74) is 2.18. The quantitative estimate of drug-likeness (QED) is 0.836. The van der Waals surface area contributed by atoms with Gasteiger partial charge in [-0.3, -0.25) is 9.59 Å². The van der Waals surface area contributed by atoms with E-state index in [0.29, 0.717) is 30.1 Å². The van der Waals surface area contributed by atoms with Gasteiger partial charge in [0.25, 0.3) is 11.8 Å². The van der Waals surface area contributed by atoms with Crippen molar-refractivity contribution in [1.82, 2.24) is 9.80 Å². The van der Waals surface area contributed by atoms with Crippen LogP contribution in [0, 0.1) is 0 Å². The van der Waals surface area contributed by atoms with Crippen molar-refractivity contribution in [3.63, 3.8) is 0 Å². The Morgan fingerprint density at radius 2 is 1.79 bits per heavy atom. The number of para-hydroxylation sites is 1. The molecule has 148 valence electrons. The molecule has 0 aliphatic carbocycles.